The van der Waals surface area contributed by atoms with Crippen LogP contribution in [-0.2, 0) is 4.79 Å². The van der Waals surface area contributed by atoms with Gasteiger partial charge in [0, 0.05) is 11.1 Å². The van der Waals surface area contributed by atoms with Gasteiger partial charge in [0.25, 0.3) is 0 Å². The zero-order valence-electron chi connectivity index (χ0n) is 11.1. The zero-order valence-corrected chi connectivity index (χ0v) is 11.8. The van der Waals surface area contributed by atoms with Gasteiger partial charge in [-0.3, -0.25) is 9.59 Å². The number of rotatable bonds is 7. The van der Waals surface area contributed by atoms with Gasteiger partial charge in [0.05, 0.1) is 25.1 Å². The number of ketones is 1. The molecule has 0 aromatic heterocycles. The van der Waals surface area contributed by atoms with Crippen molar-refractivity contribution in [3.8, 4) is 5.75 Å². The number of carbonyl (C=O) groups excluding carboxylic acids is 1. The molecule has 5 nitrogen and oxygen atoms in total. The summed E-state index contributed by atoms with van der Waals surface area (Å²) in [5.41, 5.74) is 0.305. The summed E-state index contributed by atoms with van der Waals surface area (Å²) < 4.78 is 5.14. The van der Waals surface area contributed by atoms with E-state index in [1.54, 1.807) is 12.1 Å². The van der Waals surface area contributed by atoms with Crippen molar-refractivity contribution in [3.05, 3.63) is 28.8 Å². The molecule has 1 aliphatic carbocycles. The third-order valence-corrected chi connectivity index (χ3v) is 3.37. The van der Waals surface area contributed by atoms with Gasteiger partial charge in [-0.05, 0) is 31.0 Å². The monoisotopic (exact) mass is 297 g/mol. The van der Waals surface area contributed by atoms with Crippen molar-refractivity contribution in [1.82, 2.24) is 5.32 Å². The first-order valence-corrected chi connectivity index (χ1v) is 6.74. The number of carbonyl (C=O) groups is 2. The molecule has 0 heterocycles. The van der Waals surface area contributed by atoms with Crippen molar-refractivity contribution in [1.29, 1.82) is 0 Å². The van der Waals surface area contributed by atoms with Crippen LogP contribution in [-0.4, -0.2) is 36.1 Å². The molecule has 0 saturated heterocycles. The molecule has 0 amide bonds. The van der Waals surface area contributed by atoms with E-state index in [4.69, 9.17) is 21.4 Å². The summed E-state index contributed by atoms with van der Waals surface area (Å²) in [4.78, 5) is 23.4. The molecule has 1 aromatic rings. The van der Waals surface area contributed by atoms with E-state index >= 15 is 0 Å². The Morgan fingerprint density at radius 2 is 2.20 bits per heavy atom. The van der Waals surface area contributed by atoms with Crippen LogP contribution in [0.15, 0.2) is 18.2 Å². The molecule has 6 heteroatoms. The van der Waals surface area contributed by atoms with Crippen molar-refractivity contribution < 1.29 is 19.4 Å². The molecule has 1 fully saturated rings. The van der Waals surface area contributed by atoms with Gasteiger partial charge in [-0.1, -0.05) is 11.6 Å². The standard InChI is InChI=1S/C14H16ClNO4/c1-20-12-5-2-8(15)6-10(12)14(19)11(7-13(17)18)16-9-3-4-9/h2,5-6,9,11,16H,3-4,7H2,1H3,(H,17,18). The number of benzene rings is 1. The van der Waals surface area contributed by atoms with Crippen molar-refractivity contribution in [2.45, 2.75) is 31.3 Å². The van der Waals surface area contributed by atoms with Crippen LogP contribution in [0.5, 0.6) is 5.75 Å². The molecule has 1 aliphatic rings. The Morgan fingerprint density at radius 1 is 1.50 bits per heavy atom. The van der Waals surface area contributed by atoms with Crippen LogP contribution >= 0.6 is 11.6 Å². The largest absolute Gasteiger partial charge is 0.496 e. The number of nitrogens with one attached hydrogen (secondary N) is 1. The van der Waals surface area contributed by atoms with Crippen molar-refractivity contribution in [2.75, 3.05) is 7.11 Å². The van der Waals surface area contributed by atoms with E-state index in [0.717, 1.165) is 12.8 Å². The van der Waals surface area contributed by atoms with Crippen LogP contribution in [0.2, 0.25) is 5.02 Å². The summed E-state index contributed by atoms with van der Waals surface area (Å²) >= 11 is 5.90. The van der Waals surface area contributed by atoms with Crippen molar-refractivity contribution in [2.24, 2.45) is 0 Å². The number of Topliss-reactive ketones (excluding diaryl/α,β-unsaturated/α-hetero) is 1. The summed E-state index contributed by atoms with van der Waals surface area (Å²) in [7, 11) is 1.46. The lowest BCUT2D eigenvalue weighted by molar-refractivity contribution is -0.137. The predicted molar refractivity (Wildman–Crippen MR) is 74.5 cm³/mol. The van der Waals surface area contributed by atoms with E-state index in [9.17, 15) is 9.59 Å². The fourth-order valence-electron chi connectivity index (χ4n) is 2.00. The smallest absolute Gasteiger partial charge is 0.305 e. The first kappa shape index (κ1) is 14.8. The van der Waals surface area contributed by atoms with Gasteiger partial charge >= 0.3 is 5.97 Å². The number of hydrogen-bond acceptors (Lipinski definition) is 4. The summed E-state index contributed by atoms with van der Waals surface area (Å²) in [5.74, 6) is -0.927. The molecule has 0 bridgehead atoms. The van der Waals surface area contributed by atoms with Gasteiger partial charge in [0.2, 0.25) is 0 Å². The first-order valence-electron chi connectivity index (χ1n) is 6.37. The van der Waals surface area contributed by atoms with E-state index in [0.29, 0.717) is 16.3 Å². The van der Waals surface area contributed by atoms with Gasteiger partial charge in [-0.25, -0.2) is 0 Å². The number of aliphatic carboxylic acids is 1. The highest BCUT2D eigenvalue weighted by Gasteiger charge is 2.31. The summed E-state index contributed by atoms with van der Waals surface area (Å²) in [6.07, 6.45) is 1.68. The minimum Gasteiger partial charge on any atom is -0.496 e. The molecule has 1 saturated carbocycles. The average molecular weight is 298 g/mol. The van der Waals surface area contributed by atoms with Crippen LogP contribution in [0.25, 0.3) is 0 Å². The number of carboxylic acids is 1. The second-order valence-electron chi connectivity index (χ2n) is 4.80. The van der Waals surface area contributed by atoms with Crippen molar-refractivity contribution in [3.63, 3.8) is 0 Å². The molecule has 0 aliphatic heterocycles. The Hall–Kier alpha value is -1.59. The maximum Gasteiger partial charge on any atom is 0.305 e. The Labute approximate surface area is 121 Å². The lowest BCUT2D eigenvalue weighted by Gasteiger charge is -2.17. The Morgan fingerprint density at radius 3 is 2.75 bits per heavy atom. The summed E-state index contributed by atoms with van der Waals surface area (Å²) in [6.45, 7) is 0. The minimum atomic E-state index is -1.02. The maximum absolute atomic E-state index is 12.5. The molecule has 1 aromatic carbocycles. The quantitative estimate of drug-likeness (QED) is 0.754. The second-order valence-corrected chi connectivity index (χ2v) is 5.24. The Balaban J connectivity index is 2.25. The summed E-state index contributed by atoms with van der Waals surface area (Å²) in [5, 5.41) is 12.4. The number of carboxylic acid groups (broad SMARTS) is 1. The molecular formula is C14H16ClNO4. The highest BCUT2D eigenvalue weighted by Crippen LogP contribution is 2.26. The molecule has 0 radical (unpaired) electrons. The van der Waals surface area contributed by atoms with E-state index in [1.165, 1.54) is 13.2 Å². The van der Waals surface area contributed by atoms with E-state index in [1.807, 2.05) is 0 Å². The average Bonchev–Trinajstić information content (AvgIpc) is 3.20. The van der Waals surface area contributed by atoms with Gasteiger partial charge in [0.15, 0.2) is 5.78 Å². The van der Waals surface area contributed by atoms with E-state index < -0.39 is 12.0 Å². The highest BCUT2D eigenvalue weighted by molar-refractivity contribution is 6.31. The number of hydrogen-bond donors (Lipinski definition) is 2. The van der Waals surface area contributed by atoms with Gasteiger partial charge < -0.3 is 15.2 Å². The fraction of sp³-hybridized carbons (Fsp3) is 0.429. The maximum atomic E-state index is 12.5. The van der Waals surface area contributed by atoms with E-state index in [2.05, 4.69) is 5.32 Å². The molecule has 1 unspecified atom stereocenters. The van der Waals surface area contributed by atoms with Crippen LogP contribution in [0.3, 0.4) is 0 Å². The van der Waals surface area contributed by atoms with E-state index in [-0.39, 0.29) is 18.2 Å². The number of halogens is 1. The Kier molecular flexibility index (Phi) is 4.62. The van der Waals surface area contributed by atoms with Crippen LogP contribution in [0.4, 0.5) is 0 Å². The molecule has 2 N–H and O–H groups in total. The minimum absolute atomic E-state index is 0.230. The number of ether oxygens (including phenoxy) is 1. The second kappa shape index (κ2) is 6.24. The van der Waals surface area contributed by atoms with Crippen molar-refractivity contribution >= 4 is 23.4 Å². The highest BCUT2D eigenvalue weighted by atomic mass is 35.5. The lowest BCUT2D eigenvalue weighted by atomic mass is 10.0. The molecule has 108 valence electrons. The van der Waals surface area contributed by atoms with Gasteiger partial charge in [-0.15, -0.1) is 0 Å². The fourth-order valence-corrected chi connectivity index (χ4v) is 2.17. The molecule has 2 rings (SSSR count). The first-order chi connectivity index (χ1) is 9.51. The molecule has 1 atom stereocenters. The zero-order chi connectivity index (χ0) is 14.7. The lowest BCUT2D eigenvalue weighted by Crippen LogP contribution is -2.40. The third-order valence-electron chi connectivity index (χ3n) is 3.14. The van der Waals surface area contributed by atoms with Crippen LogP contribution in [0, 0.1) is 0 Å². The normalized spacial score (nSPS) is 15.7. The summed E-state index contributed by atoms with van der Waals surface area (Å²) in [6, 6.07) is 4.20. The predicted octanol–water partition coefficient (Wildman–Crippen LogP) is 2.13. The van der Waals surface area contributed by atoms with Gasteiger partial charge in [-0.2, -0.15) is 0 Å². The van der Waals surface area contributed by atoms with Gasteiger partial charge in [0.1, 0.15) is 5.75 Å². The topological polar surface area (TPSA) is 75.6 Å². The Bertz CT molecular complexity index is 528. The van der Waals surface area contributed by atoms with Crippen LogP contribution < -0.4 is 10.1 Å². The molecule has 20 heavy (non-hydrogen) atoms. The number of methoxy groups -OCH3 is 1. The molecule has 0 spiro atoms. The van der Waals surface area contributed by atoms with Crippen LogP contribution in [0.1, 0.15) is 29.6 Å². The molecular weight excluding hydrogens is 282 g/mol. The third kappa shape index (κ3) is 3.71. The SMILES string of the molecule is COc1ccc(Cl)cc1C(=O)C(CC(=O)O)NC1CC1.